The Balaban J connectivity index is 0.00000180. The summed E-state index contributed by atoms with van der Waals surface area (Å²) in [4.78, 5) is -0.850. The zero-order valence-corrected chi connectivity index (χ0v) is 10.9. The molecule has 0 aliphatic heterocycles. The van der Waals surface area contributed by atoms with E-state index < -0.39 is 30.0 Å². The monoisotopic (exact) mass is 306 g/mol. The van der Waals surface area contributed by atoms with Gasteiger partial charge >= 0.3 is 0 Å². The maximum atomic E-state index is 11.2. The first kappa shape index (κ1) is 15.5. The number of hydrogen-bond acceptors (Lipinski definition) is 4. The van der Waals surface area contributed by atoms with Crippen LogP contribution in [0.15, 0.2) is 46.2 Å². The summed E-state index contributed by atoms with van der Waals surface area (Å²) in [6, 6.07) is 7.59. The summed E-state index contributed by atoms with van der Waals surface area (Å²) < 4.78 is 62.2. The van der Waals surface area contributed by atoms with E-state index in [0.717, 1.165) is 18.2 Å². The lowest BCUT2D eigenvalue weighted by atomic mass is 10.1. The molecule has 2 rings (SSSR count). The molecule has 2 aromatic carbocycles. The van der Waals surface area contributed by atoms with Gasteiger partial charge in [-0.15, -0.1) is 0 Å². The third-order valence-electron chi connectivity index (χ3n) is 2.39. The fourth-order valence-electron chi connectivity index (χ4n) is 1.61. The van der Waals surface area contributed by atoms with Crippen LogP contribution in [0.25, 0.3) is 10.8 Å². The third-order valence-corrected chi connectivity index (χ3v) is 4.15. The first-order valence-corrected chi connectivity index (χ1v) is 7.55. The molecule has 0 saturated heterocycles. The van der Waals surface area contributed by atoms with Crippen molar-refractivity contribution >= 4 is 31.0 Å². The molecule has 7 nitrogen and oxygen atoms in total. The van der Waals surface area contributed by atoms with Crippen LogP contribution in [0.3, 0.4) is 0 Å². The van der Waals surface area contributed by atoms with E-state index in [-0.39, 0.29) is 10.9 Å². The number of fused-ring (bicyclic) bond motifs is 1. The molecule has 0 aliphatic carbocycles. The Labute approximate surface area is 109 Å². The molecule has 0 amide bonds. The molecule has 0 fully saturated rings. The SMILES string of the molecule is O.O=S(=O)(O)c1ccc2cccc(S(=O)(=O)O)c2c1. The first-order chi connectivity index (χ1) is 8.19. The van der Waals surface area contributed by atoms with Crippen molar-refractivity contribution in [2.75, 3.05) is 0 Å². The topological polar surface area (TPSA) is 140 Å². The van der Waals surface area contributed by atoms with Crippen LogP contribution in [0.5, 0.6) is 0 Å². The maximum Gasteiger partial charge on any atom is 0.295 e. The van der Waals surface area contributed by atoms with E-state index in [1.165, 1.54) is 12.1 Å². The van der Waals surface area contributed by atoms with Crippen molar-refractivity contribution in [2.24, 2.45) is 0 Å². The quantitative estimate of drug-likeness (QED) is 0.774. The zero-order valence-electron chi connectivity index (χ0n) is 9.31. The van der Waals surface area contributed by atoms with Gasteiger partial charge in [0.1, 0.15) is 4.90 Å². The van der Waals surface area contributed by atoms with E-state index >= 15 is 0 Å². The number of benzene rings is 2. The minimum absolute atomic E-state index is 0. The molecule has 0 unspecified atom stereocenters. The van der Waals surface area contributed by atoms with Gasteiger partial charge in [-0.25, -0.2) is 0 Å². The van der Waals surface area contributed by atoms with E-state index in [2.05, 4.69) is 0 Å². The third kappa shape index (κ3) is 3.08. The summed E-state index contributed by atoms with van der Waals surface area (Å²) in [6.07, 6.45) is 0. The molecule has 0 saturated carbocycles. The van der Waals surface area contributed by atoms with Gasteiger partial charge in [0.05, 0.1) is 4.90 Å². The number of hydrogen-bond donors (Lipinski definition) is 2. The molecule has 0 heterocycles. The molecule has 19 heavy (non-hydrogen) atoms. The predicted molar refractivity (Wildman–Crippen MR) is 67.2 cm³/mol. The van der Waals surface area contributed by atoms with E-state index in [0.29, 0.717) is 5.39 Å². The van der Waals surface area contributed by atoms with Crippen LogP contribution in [-0.4, -0.2) is 31.4 Å². The van der Waals surface area contributed by atoms with Gasteiger partial charge in [-0.1, -0.05) is 18.2 Å². The van der Waals surface area contributed by atoms with Gasteiger partial charge < -0.3 is 5.48 Å². The molecule has 0 spiro atoms. The standard InChI is InChI=1S/C10H8O6S2.H2O/c11-17(12,13)8-5-4-7-2-1-3-10(9(7)6-8)18(14,15)16;/h1-6H,(H,11,12,13)(H,14,15,16);1H2. The summed E-state index contributed by atoms with van der Waals surface area (Å²) >= 11 is 0. The van der Waals surface area contributed by atoms with E-state index in [1.807, 2.05) is 0 Å². The molecule has 9 heteroatoms. The summed E-state index contributed by atoms with van der Waals surface area (Å²) in [7, 11) is -8.90. The minimum Gasteiger partial charge on any atom is -0.412 e. The Morgan fingerprint density at radius 2 is 1.47 bits per heavy atom. The van der Waals surface area contributed by atoms with Crippen molar-refractivity contribution in [3.63, 3.8) is 0 Å². The molecular formula is C10H10O7S2. The van der Waals surface area contributed by atoms with Crippen molar-refractivity contribution in [1.82, 2.24) is 0 Å². The largest absolute Gasteiger partial charge is 0.412 e. The summed E-state index contributed by atoms with van der Waals surface area (Å²) in [6.45, 7) is 0. The highest BCUT2D eigenvalue weighted by Crippen LogP contribution is 2.25. The van der Waals surface area contributed by atoms with Gasteiger partial charge in [-0.2, -0.15) is 16.8 Å². The normalized spacial score (nSPS) is 12.1. The van der Waals surface area contributed by atoms with Crippen LogP contribution in [0.4, 0.5) is 0 Å². The van der Waals surface area contributed by atoms with Crippen molar-refractivity contribution in [1.29, 1.82) is 0 Å². The lowest BCUT2D eigenvalue weighted by Gasteiger charge is -2.05. The van der Waals surface area contributed by atoms with E-state index in [9.17, 15) is 16.8 Å². The van der Waals surface area contributed by atoms with E-state index in [4.69, 9.17) is 9.11 Å². The van der Waals surface area contributed by atoms with Gasteiger partial charge in [0.25, 0.3) is 20.2 Å². The Hall–Kier alpha value is -1.52. The predicted octanol–water partition coefficient (Wildman–Crippen LogP) is 0.509. The van der Waals surface area contributed by atoms with Crippen molar-refractivity contribution in [2.45, 2.75) is 9.79 Å². The molecule has 0 atom stereocenters. The molecular weight excluding hydrogens is 296 g/mol. The second kappa shape index (κ2) is 4.87. The summed E-state index contributed by atoms with van der Waals surface area (Å²) in [5.74, 6) is 0. The molecule has 0 bridgehead atoms. The van der Waals surface area contributed by atoms with Crippen LogP contribution in [0.2, 0.25) is 0 Å². The van der Waals surface area contributed by atoms with E-state index in [1.54, 1.807) is 6.07 Å². The molecule has 0 aromatic heterocycles. The zero-order chi connectivity index (χ0) is 13.6. The van der Waals surface area contributed by atoms with Crippen LogP contribution in [0, 0.1) is 0 Å². The lowest BCUT2D eigenvalue weighted by Crippen LogP contribution is -2.01. The Morgan fingerprint density at radius 1 is 0.842 bits per heavy atom. The second-order valence-electron chi connectivity index (χ2n) is 3.59. The highest BCUT2D eigenvalue weighted by Gasteiger charge is 2.16. The molecule has 0 aliphatic rings. The van der Waals surface area contributed by atoms with Gasteiger partial charge in [-0.05, 0) is 23.6 Å². The smallest absolute Gasteiger partial charge is 0.295 e. The first-order valence-electron chi connectivity index (χ1n) is 4.67. The average Bonchev–Trinajstić information content (AvgIpc) is 2.25. The van der Waals surface area contributed by atoms with Crippen LogP contribution in [0.1, 0.15) is 0 Å². The minimum atomic E-state index is -4.47. The number of rotatable bonds is 2. The van der Waals surface area contributed by atoms with Gasteiger partial charge in [0.2, 0.25) is 0 Å². The van der Waals surface area contributed by atoms with Crippen molar-refractivity contribution in [3.8, 4) is 0 Å². The average molecular weight is 306 g/mol. The fraction of sp³-hybridized carbons (Fsp3) is 0. The molecule has 2 aromatic rings. The second-order valence-corrected chi connectivity index (χ2v) is 6.40. The highest BCUT2D eigenvalue weighted by molar-refractivity contribution is 7.86. The Kier molecular flexibility index (Phi) is 3.98. The van der Waals surface area contributed by atoms with Gasteiger partial charge in [-0.3, -0.25) is 9.11 Å². The van der Waals surface area contributed by atoms with Crippen LogP contribution < -0.4 is 0 Å². The summed E-state index contributed by atoms with van der Waals surface area (Å²) in [5.41, 5.74) is 0. The van der Waals surface area contributed by atoms with Crippen molar-refractivity contribution in [3.05, 3.63) is 36.4 Å². The highest BCUT2D eigenvalue weighted by atomic mass is 32.2. The molecule has 0 radical (unpaired) electrons. The van der Waals surface area contributed by atoms with Crippen molar-refractivity contribution < 1.29 is 31.4 Å². The molecule has 4 N–H and O–H groups in total. The maximum absolute atomic E-state index is 11.2. The van der Waals surface area contributed by atoms with Crippen LogP contribution in [-0.2, 0) is 20.2 Å². The van der Waals surface area contributed by atoms with Crippen LogP contribution >= 0.6 is 0 Å². The molecule has 104 valence electrons. The van der Waals surface area contributed by atoms with Gasteiger partial charge in [0.15, 0.2) is 0 Å². The fourth-order valence-corrected chi connectivity index (χ4v) is 2.82. The van der Waals surface area contributed by atoms with Gasteiger partial charge in [0, 0.05) is 5.39 Å². The Bertz CT molecular complexity index is 822. The Morgan fingerprint density at radius 3 is 2.00 bits per heavy atom. The summed E-state index contributed by atoms with van der Waals surface area (Å²) in [5, 5.41) is 0.452. The lowest BCUT2D eigenvalue weighted by molar-refractivity contribution is 0.480.